The molecular weight excluding hydrogens is 1640 g/mol. The summed E-state index contributed by atoms with van der Waals surface area (Å²) in [7, 11) is 2.94. The molecule has 117 heavy (non-hydrogen) atoms. The number of rotatable bonds is 16. The van der Waals surface area contributed by atoms with Crippen LogP contribution >= 0.6 is 31.9 Å². The van der Waals surface area contributed by atoms with Gasteiger partial charge in [-0.15, -0.1) is 20.4 Å². The van der Waals surface area contributed by atoms with Crippen LogP contribution in [0.15, 0.2) is 124 Å². The van der Waals surface area contributed by atoms with Gasteiger partial charge in [-0.1, -0.05) is 62.2 Å². The van der Waals surface area contributed by atoms with E-state index in [0.29, 0.717) is 115 Å². The van der Waals surface area contributed by atoms with Crippen LogP contribution in [0.2, 0.25) is 0 Å². The zero-order chi connectivity index (χ0) is 82.9. The van der Waals surface area contributed by atoms with Gasteiger partial charge in [0.1, 0.15) is 70.3 Å². The van der Waals surface area contributed by atoms with E-state index in [-0.39, 0.29) is 60.6 Å². The number of carboxylic acid groups (broad SMARTS) is 3. The molecule has 29 heteroatoms. The highest BCUT2D eigenvalue weighted by Gasteiger charge is 2.53. The van der Waals surface area contributed by atoms with Crippen LogP contribution in [0.3, 0.4) is 0 Å². The Morgan fingerprint density at radius 1 is 0.504 bits per heavy atom. The van der Waals surface area contributed by atoms with E-state index in [1.54, 1.807) is 56.6 Å². The number of ether oxygens (including phenoxy) is 7. The van der Waals surface area contributed by atoms with Crippen molar-refractivity contribution in [2.45, 2.75) is 180 Å². The van der Waals surface area contributed by atoms with Gasteiger partial charge in [0.2, 0.25) is 11.6 Å². The first-order valence-electron chi connectivity index (χ1n) is 39.3. The largest absolute Gasteiger partial charge is 0.495 e. The number of nitrogens with zero attached hydrogens (tertiary/aromatic N) is 8. The quantitative estimate of drug-likeness (QED) is 0.0758. The second-order valence-electron chi connectivity index (χ2n) is 31.7. The molecule has 2 aromatic heterocycles. The summed E-state index contributed by atoms with van der Waals surface area (Å²) in [5.41, 5.74) is 15.5. The van der Waals surface area contributed by atoms with Crippen molar-refractivity contribution in [3.63, 3.8) is 0 Å². The number of aryl methyl sites for hydroxylation is 6. The summed E-state index contributed by atoms with van der Waals surface area (Å²) in [4.78, 5) is 36.0. The normalized spacial score (nSPS) is 19.6. The van der Waals surface area contributed by atoms with Crippen LogP contribution in [-0.2, 0) is 61.8 Å². The number of carbonyl (C=O) groups is 3. The van der Waals surface area contributed by atoms with Gasteiger partial charge in [0.15, 0.2) is 0 Å². The van der Waals surface area contributed by atoms with Crippen LogP contribution in [0.5, 0.6) is 34.5 Å². The van der Waals surface area contributed by atoms with Gasteiger partial charge in [-0.05, 0) is 246 Å². The Bertz CT molecular complexity index is 5360. The molecule has 7 heterocycles. The lowest BCUT2D eigenvalue weighted by Crippen LogP contribution is -2.41. The van der Waals surface area contributed by atoms with Gasteiger partial charge in [0.05, 0.1) is 64.4 Å². The molecule has 3 N–H and O–H groups in total. The molecule has 18 rings (SSSR count). The topological polar surface area (TPSA) is 282 Å². The molecule has 0 bridgehead atoms. The number of aliphatic carboxylic acids is 3. The SMILES string of the molecule is C1CCOCC1.CC1(C)OB(c2ccc(F)c3c2CC[C@H]3Oc2ccc3c(c2)OC[C@H]3CC(=O)O)OC1(C)C.Cc1cc(-c2nnn(C)n2)cc(C)c1-c1ccc(F)c2c1CC[C@H]2Oc1ccc2c(c1)OC[C@H]2CC(=O)O.Cc1cc(-c2nnn(C)n2)cc(C)c1Br.O=C(O)C[C@@H]1COc2cc(O[C@@H]3CCc4c(Br)ccc(F)c43)ccc21. The molecule has 10 aromatic rings. The number of benzene rings is 8. The fraction of sp³-hybridized carbons (Fsp3) is 0.398. The van der Waals surface area contributed by atoms with Gasteiger partial charge in [-0.25, -0.2) is 13.2 Å². The van der Waals surface area contributed by atoms with Crippen molar-refractivity contribution in [2.24, 2.45) is 14.1 Å². The molecule has 2 saturated heterocycles. The van der Waals surface area contributed by atoms with Gasteiger partial charge < -0.3 is 57.8 Å². The minimum Gasteiger partial charge on any atom is -0.492 e. The smallest absolute Gasteiger partial charge is 0.492 e. The Labute approximate surface area is 693 Å². The van der Waals surface area contributed by atoms with E-state index in [9.17, 15) is 23.2 Å². The monoisotopic (exact) mass is 1730 g/mol. The van der Waals surface area contributed by atoms with Gasteiger partial charge in [0, 0.05) is 103 Å². The molecule has 2 fully saturated rings. The van der Waals surface area contributed by atoms with E-state index in [0.717, 1.165) is 101 Å². The first-order chi connectivity index (χ1) is 55.9. The highest BCUT2D eigenvalue weighted by Crippen LogP contribution is 2.49. The molecule has 23 nitrogen and oxygen atoms in total. The third-order valence-corrected chi connectivity index (χ3v) is 24.9. The second-order valence-corrected chi connectivity index (χ2v) is 33.3. The molecule has 8 aliphatic rings. The predicted molar refractivity (Wildman–Crippen MR) is 437 cm³/mol. The van der Waals surface area contributed by atoms with Crippen LogP contribution in [-0.4, -0.2) is 125 Å². The first-order valence-corrected chi connectivity index (χ1v) is 40.9. The summed E-state index contributed by atoms with van der Waals surface area (Å²) in [6, 6.07) is 34.2. The Hall–Kier alpha value is -10.2. The number of carboxylic acids is 3. The summed E-state index contributed by atoms with van der Waals surface area (Å²) in [6.45, 7) is 19.2. The number of halogens is 5. The highest BCUT2D eigenvalue weighted by molar-refractivity contribution is 9.10. The minimum absolute atomic E-state index is 0.0201. The molecular formula is C88H92BBr2F3N8O15. The van der Waals surface area contributed by atoms with Crippen molar-refractivity contribution in [3.8, 4) is 68.4 Å². The molecule has 0 spiro atoms. The van der Waals surface area contributed by atoms with Crippen molar-refractivity contribution < 1.29 is 85.3 Å². The van der Waals surface area contributed by atoms with Crippen LogP contribution < -0.4 is 33.9 Å². The standard InChI is InChI=1S/C29H27FN4O4.C25H28BFO6.C19H16BrFO4.C10H11BrN4.C5H10O/c1-15-10-17(29-31-33-34(3)32-29)11-16(2)27(15)21-6-8-23(30)28-22(21)7-9-24(28)38-19-4-5-20-18(12-26(35)36)14-37-25(20)13-19;1-24(2)25(3,4)33-26(32-24)18-8-9-19(27)23-17(18)7-10-20(23)31-15-5-6-16-14(11-22(28)29)13-30-21(16)12-15;20-14-4-5-15(21)19-13(14)3-6-16(19)25-11-1-2-12-10(7-18(22)23)9-24-17(12)8-11;1-6-4-8(5-7(2)9(6)11)10-12-14-15(3)13-10;1-2-4-6-5-3-1/h4-6,8,10-11,13,18,24H,7,9,12,14H2,1-3H3,(H,35,36);5-6,8-9,12,14,20H,7,10-11,13H2,1-4H3,(H,28,29);1-2,4-5,8,10,16H,3,6-7,9H2,(H,22,23);4-5H,1-3H3;1-5H2/t18-,24-;14-,20-;10-,16-;;/m111../s1. The molecule has 0 radical (unpaired) electrons. The molecule has 3 aliphatic carbocycles. The maximum atomic E-state index is 15.2. The van der Waals surface area contributed by atoms with E-state index in [1.165, 1.54) is 58.2 Å². The molecule has 6 atom stereocenters. The Balaban J connectivity index is 0.000000130. The van der Waals surface area contributed by atoms with Crippen LogP contribution in [0.1, 0.15) is 194 Å². The summed E-state index contributed by atoms with van der Waals surface area (Å²) >= 11 is 7.00. The van der Waals surface area contributed by atoms with E-state index >= 15 is 4.39 Å². The van der Waals surface area contributed by atoms with Crippen molar-refractivity contribution in [2.75, 3.05) is 33.0 Å². The van der Waals surface area contributed by atoms with Crippen molar-refractivity contribution in [1.82, 2.24) is 40.4 Å². The number of hydrogen-bond acceptors (Lipinski definition) is 18. The third kappa shape index (κ3) is 18.4. The molecule has 5 aliphatic heterocycles. The summed E-state index contributed by atoms with van der Waals surface area (Å²) in [5, 5.41) is 51.6. The number of aromatic nitrogens is 8. The molecule has 8 aromatic carbocycles. The van der Waals surface area contributed by atoms with E-state index in [2.05, 4.69) is 76.5 Å². The molecule has 612 valence electrons. The fourth-order valence-corrected chi connectivity index (χ4v) is 17.3. The average molecular weight is 1730 g/mol. The Morgan fingerprint density at radius 2 is 0.889 bits per heavy atom. The van der Waals surface area contributed by atoms with Crippen LogP contribution in [0.4, 0.5) is 13.2 Å². The van der Waals surface area contributed by atoms with Crippen molar-refractivity contribution in [1.29, 1.82) is 0 Å². The summed E-state index contributed by atoms with van der Waals surface area (Å²) in [5.74, 6) is 1.03. The van der Waals surface area contributed by atoms with Crippen LogP contribution in [0, 0.1) is 45.1 Å². The lowest BCUT2D eigenvalue weighted by atomic mass is 9.75. The maximum Gasteiger partial charge on any atom is 0.495 e. The summed E-state index contributed by atoms with van der Waals surface area (Å²) in [6.07, 6.45) is 6.97. The molecule has 0 unspecified atom stereocenters. The maximum absolute atomic E-state index is 15.2. The Morgan fingerprint density at radius 3 is 1.28 bits per heavy atom. The predicted octanol–water partition coefficient (Wildman–Crippen LogP) is 17.5. The summed E-state index contributed by atoms with van der Waals surface area (Å²) < 4.78 is 99.5. The zero-order valence-corrected chi connectivity index (χ0v) is 69.9. The van der Waals surface area contributed by atoms with Crippen molar-refractivity contribution >= 4 is 62.3 Å². The third-order valence-electron chi connectivity index (χ3n) is 22.9. The van der Waals surface area contributed by atoms with Gasteiger partial charge in [-0.3, -0.25) is 14.4 Å². The van der Waals surface area contributed by atoms with Gasteiger partial charge in [0.25, 0.3) is 0 Å². The molecule has 0 saturated carbocycles. The first kappa shape index (κ1) is 83.3. The van der Waals surface area contributed by atoms with Crippen molar-refractivity contribution in [3.05, 3.63) is 214 Å². The van der Waals surface area contributed by atoms with E-state index < -0.39 is 48.4 Å². The van der Waals surface area contributed by atoms with Gasteiger partial charge >= 0.3 is 25.0 Å². The van der Waals surface area contributed by atoms with Crippen LogP contribution in [0.25, 0.3) is 33.9 Å². The fourth-order valence-electron chi connectivity index (χ4n) is 16.5. The number of fused-ring (bicyclic) bond motifs is 6. The lowest BCUT2D eigenvalue weighted by Gasteiger charge is -2.32. The van der Waals surface area contributed by atoms with E-state index in [1.807, 2.05) is 96.1 Å². The number of tetrazole rings is 2. The lowest BCUT2D eigenvalue weighted by molar-refractivity contribution is -0.138. The molecule has 0 amide bonds. The number of hydrogen-bond donors (Lipinski definition) is 3. The Kier molecular flexibility index (Phi) is 25.0. The minimum atomic E-state index is -0.855. The zero-order valence-electron chi connectivity index (χ0n) is 66.7. The second kappa shape index (κ2) is 35.2. The average Bonchev–Trinajstić information content (AvgIpc) is 1.53. The highest BCUT2D eigenvalue weighted by atomic mass is 79.9. The van der Waals surface area contributed by atoms with Gasteiger partial charge in [-0.2, -0.15) is 9.59 Å². The van der Waals surface area contributed by atoms with E-state index in [4.69, 9.17) is 57.8 Å².